The number of carbonyl (C=O) groups excluding carboxylic acids is 3. The second kappa shape index (κ2) is 11.6. The van der Waals surface area contributed by atoms with Crippen LogP contribution in [0.25, 0.3) is 0 Å². The van der Waals surface area contributed by atoms with Gasteiger partial charge < -0.3 is 20.7 Å². The van der Waals surface area contributed by atoms with Gasteiger partial charge in [-0.25, -0.2) is 4.98 Å². The lowest BCUT2D eigenvalue weighted by atomic mass is 9.70. The van der Waals surface area contributed by atoms with Crippen molar-refractivity contribution < 1.29 is 19.1 Å². The highest BCUT2D eigenvalue weighted by Crippen LogP contribution is 2.44. The molecule has 1 saturated heterocycles. The second-order valence-corrected chi connectivity index (χ2v) is 12.7. The van der Waals surface area contributed by atoms with Crippen LogP contribution in [0.5, 0.6) is 0 Å². The van der Waals surface area contributed by atoms with Gasteiger partial charge in [0.15, 0.2) is 0 Å². The Morgan fingerprint density at radius 3 is 2.51 bits per heavy atom. The van der Waals surface area contributed by atoms with Crippen LogP contribution in [-0.2, 0) is 33.8 Å². The van der Waals surface area contributed by atoms with Gasteiger partial charge in [0, 0.05) is 39.1 Å². The van der Waals surface area contributed by atoms with Crippen molar-refractivity contribution in [1.29, 1.82) is 0 Å². The molecule has 3 amide bonds. The summed E-state index contributed by atoms with van der Waals surface area (Å²) in [5.74, 6) is -0.370. The first-order valence-electron chi connectivity index (χ1n) is 15.1. The van der Waals surface area contributed by atoms with Crippen LogP contribution >= 0.6 is 0 Å². The number of aryl methyl sites for hydroxylation is 2. The summed E-state index contributed by atoms with van der Waals surface area (Å²) in [6, 6.07) is 8.11. The normalized spacial score (nSPS) is 22.3. The summed E-state index contributed by atoms with van der Waals surface area (Å²) in [4.78, 5) is 45.5. The van der Waals surface area contributed by atoms with Crippen molar-refractivity contribution in [1.82, 2.24) is 35.2 Å². The minimum absolute atomic E-state index is 0.0426. The van der Waals surface area contributed by atoms with Gasteiger partial charge in [-0.15, -0.1) is 0 Å². The van der Waals surface area contributed by atoms with Crippen LogP contribution in [0, 0.1) is 11.3 Å². The zero-order chi connectivity index (χ0) is 30.2. The maximum absolute atomic E-state index is 14.1. The van der Waals surface area contributed by atoms with Crippen LogP contribution in [0.1, 0.15) is 73.2 Å². The number of benzene rings is 1. The van der Waals surface area contributed by atoms with Gasteiger partial charge in [-0.3, -0.25) is 23.7 Å². The van der Waals surface area contributed by atoms with E-state index in [0.717, 1.165) is 31.2 Å². The van der Waals surface area contributed by atoms with E-state index in [9.17, 15) is 14.4 Å². The average Bonchev–Trinajstić information content (AvgIpc) is 3.31. The van der Waals surface area contributed by atoms with E-state index in [1.807, 2.05) is 18.2 Å². The highest BCUT2D eigenvalue weighted by Gasteiger charge is 2.46. The molecule has 2 saturated carbocycles. The minimum atomic E-state index is -0.920. The van der Waals surface area contributed by atoms with Crippen molar-refractivity contribution in [3.05, 3.63) is 59.9 Å². The molecule has 3 N–H and O–H groups in total. The lowest BCUT2D eigenvalue weighted by molar-refractivity contribution is -0.127. The van der Waals surface area contributed by atoms with E-state index in [-0.39, 0.29) is 35.7 Å². The van der Waals surface area contributed by atoms with Gasteiger partial charge in [0.1, 0.15) is 23.9 Å². The molecule has 3 aromatic rings. The summed E-state index contributed by atoms with van der Waals surface area (Å²) in [6.45, 7) is 3.63. The lowest BCUT2D eigenvalue weighted by Crippen LogP contribution is -2.49. The molecule has 2 unspecified atom stereocenters. The fourth-order valence-electron chi connectivity index (χ4n) is 6.46. The predicted molar refractivity (Wildman–Crippen MR) is 158 cm³/mol. The molecule has 3 fully saturated rings. The van der Waals surface area contributed by atoms with Crippen LogP contribution in [0.2, 0.25) is 0 Å². The first kappa shape index (κ1) is 29.0. The highest BCUT2D eigenvalue weighted by molar-refractivity contribution is 6.01. The lowest BCUT2D eigenvalue weighted by Gasteiger charge is -2.39. The zero-order valence-corrected chi connectivity index (χ0v) is 25.0. The summed E-state index contributed by atoms with van der Waals surface area (Å²) < 4.78 is 8.89. The molecule has 2 aliphatic carbocycles. The Morgan fingerprint density at radius 2 is 1.91 bits per heavy atom. The summed E-state index contributed by atoms with van der Waals surface area (Å²) in [7, 11) is 3.47. The quantitative estimate of drug-likeness (QED) is 0.312. The smallest absolute Gasteiger partial charge is 0.270 e. The molecule has 0 bridgehead atoms. The molecule has 12 nitrogen and oxygen atoms in total. The van der Waals surface area contributed by atoms with Crippen molar-refractivity contribution in [2.24, 2.45) is 25.4 Å². The zero-order valence-electron chi connectivity index (χ0n) is 25.0. The van der Waals surface area contributed by atoms with Crippen molar-refractivity contribution in [2.45, 2.75) is 62.8 Å². The van der Waals surface area contributed by atoms with Gasteiger partial charge in [-0.05, 0) is 67.2 Å². The molecule has 0 radical (unpaired) electrons. The topological polar surface area (TPSA) is 145 Å². The largest absolute Gasteiger partial charge is 0.380 e. The van der Waals surface area contributed by atoms with E-state index >= 15 is 0 Å². The van der Waals surface area contributed by atoms with Gasteiger partial charge in [0.2, 0.25) is 11.8 Å². The Kier molecular flexibility index (Phi) is 7.80. The summed E-state index contributed by atoms with van der Waals surface area (Å²) >= 11 is 0. The van der Waals surface area contributed by atoms with Gasteiger partial charge in [0.25, 0.3) is 5.91 Å². The van der Waals surface area contributed by atoms with Crippen molar-refractivity contribution in [3.63, 3.8) is 0 Å². The molecule has 2 aromatic heterocycles. The molecule has 12 heteroatoms. The number of carbonyl (C=O) groups is 3. The number of hydrogen-bond donors (Lipinski definition) is 3. The first-order valence-corrected chi connectivity index (χ1v) is 15.1. The molecule has 3 aliphatic rings. The molecule has 228 valence electrons. The fraction of sp³-hybridized carbons (Fsp3) is 0.548. The molecule has 3 heterocycles. The molecule has 6 rings (SSSR count). The number of amides is 3. The van der Waals surface area contributed by atoms with E-state index in [2.05, 4.69) is 38.1 Å². The van der Waals surface area contributed by atoms with E-state index in [0.29, 0.717) is 36.8 Å². The Labute approximate surface area is 251 Å². The number of nitrogens with zero attached hydrogens (tertiary/aromatic N) is 5. The molecule has 0 spiro atoms. The van der Waals surface area contributed by atoms with E-state index in [1.54, 1.807) is 37.1 Å². The Bertz CT molecular complexity index is 1500. The number of rotatable bonds is 11. The molecular weight excluding hydrogens is 548 g/mol. The average molecular weight is 589 g/mol. The molecule has 3 atom stereocenters. The summed E-state index contributed by atoms with van der Waals surface area (Å²) in [6.07, 6.45) is 8.85. The van der Waals surface area contributed by atoms with Crippen LogP contribution < -0.4 is 16.0 Å². The van der Waals surface area contributed by atoms with Crippen LogP contribution in [0.15, 0.2) is 42.9 Å². The second-order valence-electron chi connectivity index (χ2n) is 12.7. The summed E-state index contributed by atoms with van der Waals surface area (Å²) in [5.41, 5.74) is 1.00. The molecule has 43 heavy (non-hydrogen) atoms. The Balaban J connectivity index is 1.26. The number of aromatic nitrogens is 5. The molecule has 1 aliphatic heterocycles. The third kappa shape index (κ3) is 5.80. The third-order valence-corrected chi connectivity index (χ3v) is 9.53. The van der Waals surface area contributed by atoms with E-state index < -0.39 is 17.4 Å². The first-order chi connectivity index (χ1) is 20.7. The van der Waals surface area contributed by atoms with Crippen molar-refractivity contribution in [2.75, 3.05) is 25.1 Å². The van der Waals surface area contributed by atoms with Crippen molar-refractivity contribution in [3.8, 4) is 0 Å². The number of nitrogens with one attached hydrogen (secondary N) is 3. The highest BCUT2D eigenvalue weighted by atomic mass is 16.5. The number of ether oxygens (including phenoxy) is 1. The molecule has 1 aromatic carbocycles. The predicted octanol–water partition coefficient (Wildman–Crippen LogP) is 2.44. The van der Waals surface area contributed by atoms with Gasteiger partial charge >= 0.3 is 0 Å². The number of hydrogen-bond acceptors (Lipinski definition) is 7. The maximum atomic E-state index is 14.1. The van der Waals surface area contributed by atoms with Crippen LogP contribution in [0.3, 0.4) is 0 Å². The van der Waals surface area contributed by atoms with Gasteiger partial charge in [-0.2, -0.15) is 10.2 Å². The standard InChI is InChI=1S/C31H40N8O4/c1-30(11-5-12-30)17-32-29(42)31(13-15-43-18-31)21-6-4-7-22(16-21)36-28(41)25(37-27(40)23-10-14-34-38(23)2)24(20-8-9-20)26-33-19-35-39(26)3/h4,6-7,10,14,16,19-20,24-25H,5,8-9,11-13,15,17-18H2,1-3H3,(H,32,42)(H,36,41)(H,37,40)/t24?,25-,31?/m0/s1. The van der Waals surface area contributed by atoms with Gasteiger partial charge in [0.05, 0.1) is 17.9 Å². The minimum Gasteiger partial charge on any atom is -0.380 e. The van der Waals surface area contributed by atoms with Crippen molar-refractivity contribution >= 4 is 23.4 Å². The van der Waals surface area contributed by atoms with Crippen LogP contribution in [-0.4, -0.2) is 68.1 Å². The SMILES string of the molecule is Cn1nccc1C(=O)N[C@H](C(=O)Nc1cccc(C2(C(=O)NCC3(C)CCC3)CCOC2)c1)C(c1ncnn1C)C1CC1. The van der Waals surface area contributed by atoms with Gasteiger partial charge in [-0.1, -0.05) is 25.5 Å². The number of anilines is 1. The maximum Gasteiger partial charge on any atom is 0.270 e. The fourth-order valence-corrected chi connectivity index (χ4v) is 6.46. The summed E-state index contributed by atoms with van der Waals surface area (Å²) in [5, 5.41) is 17.6. The van der Waals surface area contributed by atoms with Crippen LogP contribution in [0.4, 0.5) is 5.69 Å². The molecular formula is C31H40N8O4. The Morgan fingerprint density at radius 1 is 1.09 bits per heavy atom. The third-order valence-electron chi connectivity index (χ3n) is 9.53. The monoisotopic (exact) mass is 588 g/mol. The van der Waals surface area contributed by atoms with E-state index in [1.165, 1.54) is 17.4 Å². The Hall–Kier alpha value is -4.06. The van der Waals surface area contributed by atoms with E-state index in [4.69, 9.17) is 4.74 Å².